The smallest absolute Gasteiger partial charge is 0.175 e. The summed E-state index contributed by atoms with van der Waals surface area (Å²) in [6.07, 6.45) is 1.14. The van der Waals surface area contributed by atoms with E-state index in [1.54, 1.807) is 30.3 Å². The zero-order valence-corrected chi connectivity index (χ0v) is 11.7. The van der Waals surface area contributed by atoms with Crippen molar-refractivity contribution in [1.82, 2.24) is 0 Å². The van der Waals surface area contributed by atoms with Gasteiger partial charge in [0.2, 0.25) is 0 Å². The average molecular weight is 298 g/mol. The van der Waals surface area contributed by atoms with Crippen LogP contribution in [-0.4, -0.2) is 14.7 Å². The van der Waals surface area contributed by atoms with Gasteiger partial charge in [-0.25, -0.2) is 8.42 Å². The Morgan fingerprint density at radius 1 is 1.16 bits per heavy atom. The predicted molar refractivity (Wildman–Crippen MR) is 75.5 cm³/mol. The van der Waals surface area contributed by atoms with E-state index in [1.807, 2.05) is 0 Å². The molecule has 2 aromatic rings. The molecule has 2 rings (SSSR count). The normalized spacial score (nSPS) is 11.3. The molecule has 0 amide bonds. The van der Waals surface area contributed by atoms with Crippen LogP contribution in [0.4, 0.5) is 5.69 Å². The Bertz CT molecular complexity index is 714. The molecule has 0 saturated heterocycles. The second-order valence-electron chi connectivity index (χ2n) is 4.03. The molecule has 0 spiro atoms. The maximum Gasteiger partial charge on any atom is 0.175 e. The van der Waals surface area contributed by atoms with Crippen molar-refractivity contribution < 1.29 is 13.2 Å². The van der Waals surface area contributed by atoms with Gasteiger partial charge in [-0.05, 0) is 36.4 Å². The number of ether oxygens (including phenoxy) is 1. The zero-order valence-electron chi connectivity index (χ0n) is 10.1. The molecular formula is C13H12ClNO3S. The molecule has 4 nitrogen and oxygen atoms in total. The van der Waals surface area contributed by atoms with Crippen molar-refractivity contribution in [3.05, 3.63) is 47.5 Å². The molecule has 0 atom stereocenters. The van der Waals surface area contributed by atoms with Crippen molar-refractivity contribution in [1.29, 1.82) is 0 Å². The number of sulfone groups is 1. The van der Waals surface area contributed by atoms with Gasteiger partial charge in [-0.1, -0.05) is 17.7 Å². The maximum absolute atomic E-state index is 11.5. The van der Waals surface area contributed by atoms with E-state index >= 15 is 0 Å². The lowest BCUT2D eigenvalue weighted by molar-refractivity contribution is 0.483. The molecule has 0 bridgehead atoms. The summed E-state index contributed by atoms with van der Waals surface area (Å²) < 4.78 is 28.5. The summed E-state index contributed by atoms with van der Waals surface area (Å²) in [6, 6.07) is 11.1. The summed E-state index contributed by atoms with van der Waals surface area (Å²) in [5.41, 5.74) is 6.15. The van der Waals surface area contributed by atoms with Crippen molar-refractivity contribution in [2.45, 2.75) is 4.90 Å². The van der Waals surface area contributed by atoms with Crippen LogP contribution in [0.1, 0.15) is 0 Å². The molecule has 0 radical (unpaired) electrons. The third-order valence-corrected chi connectivity index (χ3v) is 3.78. The standard InChI is InChI=1S/C13H12ClNO3S/c1-19(16,17)11-4-2-3-10(8-11)18-13-6-5-9(14)7-12(13)15/h2-8H,15H2,1H3. The van der Waals surface area contributed by atoms with E-state index in [0.29, 0.717) is 22.2 Å². The molecule has 6 heteroatoms. The van der Waals surface area contributed by atoms with Gasteiger partial charge < -0.3 is 10.5 Å². The first-order valence-electron chi connectivity index (χ1n) is 5.39. The highest BCUT2D eigenvalue weighted by molar-refractivity contribution is 7.90. The Balaban J connectivity index is 2.34. The number of hydrogen-bond acceptors (Lipinski definition) is 4. The van der Waals surface area contributed by atoms with Gasteiger partial charge in [0.05, 0.1) is 10.6 Å². The van der Waals surface area contributed by atoms with Gasteiger partial charge in [0.1, 0.15) is 11.5 Å². The molecule has 0 aliphatic rings. The number of hydrogen-bond donors (Lipinski definition) is 1. The second-order valence-corrected chi connectivity index (χ2v) is 6.48. The van der Waals surface area contributed by atoms with E-state index in [2.05, 4.69) is 0 Å². The summed E-state index contributed by atoms with van der Waals surface area (Å²) in [5, 5.41) is 0.509. The minimum absolute atomic E-state index is 0.192. The van der Waals surface area contributed by atoms with E-state index in [4.69, 9.17) is 22.1 Å². The minimum atomic E-state index is -3.27. The third kappa shape index (κ3) is 3.39. The third-order valence-electron chi connectivity index (χ3n) is 2.43. The van der Waals surface area contributed by atoms with Crippen LogP contribution in [0.3, 0.4) is 0 Å². The molecule has 100 valence electrons. The van der Waals surface area contributed by atoms with Crippen LogP contribution in [0.15, 0.2) is 47.4 Å². The van der Waals surface area contributed by atoms with Gasteiger partial charge >= 0.3 is 0 Å². The van der Waals surface area contributed by atoms with Crippen LogP contribution in [0, 0.1) is 0 Å². The highest BCUT2D eigenvalue weighted by atomic mass is 35.5. The van der Waals surface area contributed by atoms with E-state index in [0.717, 1.165) is 6.26 Å². The van der Waals surface area contributed by atoms with Crippen LogP contribution in [-0.2, 0) is 9.84 Å². The van der Waals surface area contributed by atoms with Crippen LogP contribution >= 0.6 is 11.6 Å². The van der Waals surface area contributed by atoms with Crippen LogP contribution in [0.5, 0.6) is 11.5 Å². The summed E-state index contributed by atoms with van der Waals surface area (Å²) in [5.74, 6) is 0.826. The predicted octanol–water partition coefficient (Wildman–Crippen LogP) is 3.12. The molecule has 0 aliphatic heterocycles. The quantitative estimate of drug-likeness (QED) is 0.884. The molecule has 19 heavy (non-hydrogen) atoms. The van der Waals surface area contributed by atoms with Gasteiger partial charge in [0.15, 0.2) is 9.84 Å². The molecule has 0 aromatic heterocycles. The molecule has 0 aliphatic carbocycles. The summed E-state index contributed by atoms with van der Waals surface area (Å²) in [4.78, 5) is 0.192. The fraction of sp³-hybridized carbons (Fsp3) is 0.0769. The highest BCUT2D eigenvalue weighted by Crippen LogP contribution is 2.30. The summed E-state index contributed by atoms with van der Waals surface area (Å²) >= 11 is 5.79. The van der Waals surface area contributed by atoms with E-state index in [9.17, 15) is 8.42 Å². The van der Waals surface area contributed by atoms with Gasteiger partial charge in [-0.2, -0.15) is 0 Å². The van der Waals surface area contributed by atoms with Crippen LogP contribution < -0.4 is 10.5 Å². The van der Waals surface area contributed by atoms with Gasteiger partial charge in [0.25, 0.3) is 0 Å². The van der Waals surface area contributed by atoms with E-state index < -0.39 is 9.84 Å². The topological polar surface area (TPSA) is 69.4 Å². The van der Waals surface area contributed by atoms with Crippen LogP contribution in [0.25, 0.3) is 0 Å². The molecule has 0 heterocycles. The Hall–Kier alpha value is -1.72. The lowest BCUT2D eigenvalue weighted by atomic mass is 10.3. The summed E-state index contributed by atoms with van der Waals surface area (Å²) in [7, 11) is -3.27. The highest BCUT2D eigenvalue weighted by Gasteiger charge is 2.09. The van der Waals surface area contributed by atoms with Gasteiger partial charge in [-0.3, -0.25) is 0 Å². The number of nitrogen functional groups attached to an aromatic ring is 1. The number of nitrogens with two attached hydrogens (primary N) is 1. The fourth-order valence-corrected chi connectivity index (χ4v) is 2.34. The first-order chi connectivity index (χ1) is 8.86. The van der Waals surface area contributed by atoms with Crippen molar-refractivity contribution >= 4 is 27.1 Å². The molecular weight excluding hydrogens is 286 g/mol. The Morgan fingerprint density at radius 3 is 2.53 bits per heavy atom. The fourth-order valence-electron chi connectivity index (χ4n) is 1.51. The maximum atomic E-state index is 11.5. The van der Waals surface area contributed by atoms with E-state index in [-0.39, 0.29) is 4.90 Å². The molecule has 0 fully saturated rings. The van der Waals surface area contributed by atoms with E-state index in [1.165, 1.54) is 12.1 Å². The average Bonchev–Trinajstić information content (AvgIpc) is 2.32. The SMILES string of the molecule is CS(=O)(=O)c1cccc(Oc2ccc(Cl)cc2N)c1. The van der Waals surface area contributed by atoms with Gasteiger partial charge in [-0.15, -0.1) is 0 Å². The Kier molecular flexibility index (Phi) is 3.68. The first kappa shape index (κ1) is 13.7. The number of anilines is 1. The first-order valence-corrected chi connectivity index (χ1v) is 7.66. The van der Waals surface area contributed by atoms with Gasteiger partial charge in [0, 0.05) is 11.3 Å². The molecule has 2 aromatic carbocycles. The van der Waals surface area contributed by atoms with Crippen molar-refractivity contribution in [2.75, 3.05) is 12.0 Å². The summed E-state index contributed by atoms with van der Waals surface area (Å²) in [6.45, 7) is 0. The largest absolute Gasteiger partial charge is 0.455 e. The lowest BCUT2D eigenvalue weighted by Crippen LogP contribution is -1.97. The van der Waals surface area contributed by atoms with Crippen molar-refractivity contribution in [3.8, 4) is 11.5 Å². The lowest BCUT2D eigenvalue weighted by Gasteiger charge is -2.09. The monoisotopic (exact) mass is 297 g/mol. The molecule has 0 saturated carbocycles. The van der Waals surface area contributed by atoms with Crippen molar-refractivity contribution in [3.63, 3.8) is 0 Å². The second kappa shape index (κ2) is 5.11. The zero-order chi connectivity index (χ0) is 14.0. The Labute approximate surface area is 116 Å². The number of halogens is 1. The molecule has 0 unspecified atom stereocenters. The minimum Gasteiger partial charge on any atom is -0.455 e. The Morgan fingerprint density at radius 2 is 1.89 bits per heavy atom. The number of benzene rings is 2. The van der Waals surface area contributed by atoms with Crippen molar-refractivity contribution in [2.24, 2.45) is 0 Å². The number of rotatable bonds is 3. The van der Waals surface area contributed by atoms with Crippen LogP contribution in [0.2, 0.25) is 5.02 Å². The molecule has 2 N–H and O–H groups in total.